The standard InChI is InChI=1S/C36H70O3Si3/c1-26(25-37-40(5,6)7)15-14-16-27(2)30-17-18-31-34-32(20-22-36(30,31)4)35(3)21-19-29(38-41(8,9)10)23-28(35)24-33(34)39-42(11,12)13/h24,26-27,29-34H,14-23,25H2,1-13H3/t26?,27-,29+,30-,31?,32?,33?,34?,35+,36-/m1/s1. The molecule has 4 aliphatic rings. The summed E-state index contributed by atoms with van der Waals surface area (Å²) in [6.45, 7) is 32.5. The van der Waals surface area contributed by atoms with Crippen LogP contribution in [0.25, 0.3) is 0 Å². The zero-order chi connectivity index (χ0) is 31.3. The Morgan fingerprint density at radius 1 is 0.786 bits per heavy atom. The predicted octanol–water partition coefficient (Wildman–Crippen LogP) is 10.9. The van der Waals surface area contributed by atoms with Crippen molar-refractivity contribution in [3.05, 3.63) is 11.6 Å². The fraction of sp³-hybridized carbons (Fsp3) is 0.944. The Bertz CT molecular complexity index is 946. The summed E-state index contributed by atoms with van der Waals surface area (Å²) >= 11 is 0. The summed E-state index contributed by atoms with van der Waals surface area (Å²) in [6.07, 6.45) is 16.8. The van der Waals surface area contributed by atoms with Crippen molar-refractivity contribution in [1.29, 1.82) is 0 Å². The van der Waals surface area contributed by atoms with Crippen molar-refractivity contribution in [3.63, 3.8) is 0 Å². The second-order valence-corrected chi connectivity index (χ2v) is 32.3. The number of rotatable bonds is 12. The van der Waals surface area contributed by atoms with Gasteiger partial charge in [0.25, 0.3) is 0 Å². The van der Waals surface area contributed by atoms with Crippen LogP contribution in [-0.2, 0) is 13.3 Å². The smallest absolute Gasteiger partial charge is 0.184 e. The third-order valence-corrected chi connectivity index (χ3v) is 15.0. The Labute approximate surface area is 265 Å². The Hall–Kier alpha value is 0.271. The number of hydrogen-bond acceptors (Lipinski definition) is 3. The summed E-state index contributed by atoms with van der Waals surface area (Å²) in [5, 5.41) is 0. The minimum atomic E-state index is -1.69. The SMILES string of the molecule is CC(CCC[C@@H](C)[C@H]1CCC2C3C(O[Si](C)(C)C)C=C4C[C@@H](O[Si](C)(C)C)CC[C@]4(C)C3CC[C@@]21C)CO[Si](C)(C)C. The van der Waals surface area contributed by atoms with Gasteiger partial charge in [-0.15, -0.1) is 0 Å². The van der Waals surface area contributed by atoms with Gasteiger partial charge in [0.15, 0.2) is 25.0 Å². The lowest BCUT2D eigenvalue weighted by Gasteiger charge is -2.61. The summed E-state index contributed by atoms with van der Waals surface area (Å²) in [6, 6.07) is 0. The highest BCUT2D eigenvalue weighted by Crippen LogP contribution is 2.68. The van der Waals surface area contributed by atoms with Crippen LogP contribution < -0.4 is 0 Å². The van der Waals surface area contributed by atoms with E-state index in [0.29, 0.717) is 34.9 Å². The molecule has 3 saturated carbocycles. The summed E-state index contributed by atoms with van der Waals surface area (Å²) < 4.78 is 20.1. The van der Waals surface area contributed by atoms with Gasteiger partial charge < -0.3 is 13.3 Å². The topological polar surface area (TPSA) is 27.7 Å². The van der Waals surface area contributed by atoms with Crippen LogP contribution >= 0.6 is 0 Å². The molecule has 3 nitrogen and oxygen atoms in total. The molecular weight excluding hydrogens is 565 g/mol. The minimum Gasteiger partial charge on any atom is -0.417 e. The second-order valence-electron chi connectivity index (χ2n) is 18.9. The molecule has 42 heavy (non-hydrogen) atoms. The molecule has 0 aromatic rings. The van der Waals surface area contributed by atoms with E-state index in [1.807, 2.05) is 0 Å². The maximum absolute atomic E-state index is 7.19. The van der Waals surface area contributed by atoms with Crippen LogP contribution in [-0.4, -0.2) is 43.8 Å². The maximum atomic E-state index is 7.19. The van der Waals surface area contributed by atoms with Crippen molar-refractivity contribution < 1.29 is 13.3 Å². The highest BCUT2D eigenvalue weighted by atomic mass is 28.4. The van der Waals surface area contributed by atoms with Crippen LogP contribution in [0.1, 0.15) is 91.9 Å². The summed E-state index contributed by atoms with van der Waals surface area (Å²) in [5.74, 6) is 4.63. The highest BCUT2D eigenvalue weighted by molar-refractivity contribution is 6.70. The van der Waals surface area contributed by atoms with E-state index in [0.717, 1.165) is 36.7 Å². The fourth-order valence-corrected chi connectivity index (χ4v) is 13.2. The zero-order valence-corrected chi connectivity index (χ0v) is 33.2. The molecule has 5 unspecified atom stereocenters. The van der Waals surface area contributed by atoms with E-state index in [9.17, 15) is 0 Å². The molecule has 244 valence electrons. The lowest BCUT2D eigenvalue weighted by Crippen LogP contribution is -2.57. The van der Waals surface area contributed by atoms with Gasteiger partial charge in [0, 0.05) is 12.7 Å². The average molecular weight is 635 g/mol. The summed E-state index contributed by atoms with van der Waals surface area (Å²) in [4.78, 5) is 0. The molecule has 0 aromatic carbocycles. The second kappa shape index (κ2) is 12.8. The minimum absolute atomic E-state index is 0.307. The monoisotopic (exact) mass is 634 g/mol. The van der Waals surface area contributed by atoms with Crippen molar-refractivity contribution in [2.75, 3.05) is 6.61 Å². The van der Waals surface area contributed by atoms with E-state index >= 15 is 0 Å². The first-order chi connectivity index (χ1) is 19.2. The average Bonchev–Trinajstić information content (AvgIpc) is 3.18. The first-order valence-corrected chi connectivity index (χ1v) is 28.1. The molecule has 0 amide bonds. The lowest BCUT2D eigenvalue weighted by atomic mass is 9.46. The summed E-state index contributed by atoms with van der Waals surface area (Å²) in [7, 11) is -4.65. The fourth-order valence-electron chi connectivity index (χ4n) is 10.2. The van der Waals surface area contributed by atoms with Crippen LogP contribution in [0.2, 0.25) is 58.9 Å². The van der Waals surface area contributed by atoms with Crippen LogP contribution in [0.3, 0.4) is 0 Å². The van der Waals surface area contributed by atoms with Crippen LogP contribution in [0, 0.1) is 46.3 Å². The van der Waals surface area contributed by atoms with Crippen LogP contribution in [0.15, 0.2) is 11.6 Å². The molecule has 3 fully saturated rings. The molecule has 0 aromatic heterocycles. The Kier molecular flexibility index (Phi) is 10.7. The van der Waals surface area contributed by atoms with Gasteiger partial charge in [-0.1, -0.05) is 52.2 Å². The first-order valence-electron chi connectivity index (χ1n) is 17.9. The van der Waals surface area contributed by atoms with Crippen LogP contribution in [0.4, 0.5) is 0 Å². The Morgan fingerprint density at radius 2 is 1.45 bits per heavy atom. The molecule has 0 heterocycles. The normalized spacial score (nSPS) is 38.7. The molecule has 0 aliphatic heterocycles. The van der Waals surface area contributed by atoms with E-state index in [4.69, 9.17) is 13.3 Å². The van der Waals surface area contributed by atoms with Crippen molar-refractivity contribution in [2.45, 2.75) is 163 Å². The molecule has 0 N–H and O–H groups in total. The molecule has 4 aliphatic carbocycles. The highest BCUT2D eigenvalue weighted by Gasteiger charge is 2.61. The molecule has 0 radical (unpaired) electrons. The Morgan fingerprint density at radius 3 is 2.07 bits per heavy atom. The molecule has 0 saturated heterocycles. The molecule has 4 rings (SSSR count). The first kappa shape index (κ1) is 35.1. The van der Waals surface area contributed by atoms with E-state index < -0.39 is 25.0 Å². The van der Waals surface area contributed by atoms with Crippen molar-refractivity contribution in [3.8, 4) is 0 Å². The third-order valence-electron chi connectivity index (χ3n) is 12.0. The van der Waals surface area contributed by atoms with Crippen LogP contribution in [0.5, 0.6) is 0 Å². The quantitative estimate of drug-likeness (QED) is 0.158. The third kappa shape index (κ3) is 8.15. The number of fused-ring (bicyclic) bond motifs is 5. The largest absolute Gasteiger partial charge is 0.417 e. The van der Waals surface area contributed by atoms with Gasteiger partial charge in [-0.25, -0.2) is 0 Å². The van der Waals surface area contributed by atoms with Crippen molar-refractivity contribution in [1.82, 2.24) is 0 Å². The van der Waals surface area contributed by atoms with E-state index in [2.05, 4.69) is 92.7 Å². The van der Waals surface area contributed by atoms with E-state index in [-0.39, 0.29) is 0 Å². The summed E-state index contributed by atoms with van der Waals surface area (Å²) in [5.41, 5.74) is 2.50. The van der Waals surface area contributed by atoms with Gasteiger partial charge in [-0.05, 0) is 157 Å². The van der Waals surface area contributed by atoms with E-state index in [1.54, 1.807) is 5.57 Å². The van der Waals surface area contributed by atoms with Gasteiger partial charge in [-0.3, -0.25) is 0 Å². The lowest BCUT2D eigenvalue weighted by molar-refractivity contribution is -0.0923. The van der Waals surface area contributed by atoms with Gasteiger partial charge in [0.1, 0.15) is 0 Å². The molecular formula is C36H70O3Si3. The van der Waals surface area contributed by atoms with Gasteiger partial charge in [-0.2, -0.15) is 0 Å². The molecule has 6 heteroatoms. The van der Waals surface area contributed by atoms with E-state index in [1.165, 1.54) is 57.8 Å². The molecule has 0 spiro atoms. The number of hydrogen-bond donors (Lipinski definition) is 0. The van der Waals surface area contributed by atoms with Crippen molar-refractivity contribution >= 4 is 25.0 Å². The zero-order valence-electron chi connectivity index (χ0n) is 30.2. The van der Waals surface area contributed by atoms with Gasteiger partial charge in [0.05, 0.1) is 6.10 Å². The van der Waals surface area contributed by atoms with Gasteiger partial charge >= 0.3 is 0 Å². The Balaban J connectivity index is 1.50. The maximum Gasteiger partial charge on any atom is 0.184 e. The molecule has 10 atom stereocenters. The van der Waals surface area contributed by atoms with Crippen molar-refractivity contribution in [2.24, 2.45) is 46.3 Å². The molecule has 0 bridgehead atoms. The van der Waals surface area contributed by atoms with Gasteiger partial charge in [0.2, 0.25) is 0 Å². The predicted molar refractivity (Wildman–Crippen MR) is 188 cm³/mol.